The highest BCUT2D eigenvalue weighted by molar-refractivity contribution is 5.87. The standard InChI is InChI=1S/C18H24N2O3/c1-21-18-13(4-5-15-14(18)6-7-19-15)10-20-17(12-2-3-12)16-11-22-8-9-23-16/h4-7,12,16-17,19-20H,2-3,8-11H2,1H3. The lowest BCUT2D eigenvalue weighted by molar-refractivity contribution is -0.104. The molecule has 124 valence electrons. The van der Waals surface area contributed by atoms with E-state index >= 15 is 0 Å². The summed E-state index contributed by atoms with van der Waals surface area (Å²) in [5, 5.41) is 4.84. The van der Waals surface area contributed by atoms with Crippen molar-refractivity contribution in [2.45, 2.75) is 31.5 Å². The van der Waals surface area contributed by atoms with Gasteiger partial charge in [-0.3, -0.25) is 0 Å². The van der Waals surface area contributed by atoms with Crippen molar-refractivity contribution in [1.82, 2.24) is 10.3 Å². The molecule has 1 aliphatic carbocycles. The molecule has 2 fully saturated rings. The Morgan fingerprint density at radius 2 is 2.22 bits per heavy atom. The van der Waals surface area contributed by atoms with E-state index in [4.69, 9.17) is 14.2 Å². The summed E-state index contributed by atoms with van der Waals surface area (Å²) < 4.78 is 17.2. The van der Waals surface area contributed by atoms with E-state index in [1.165, 1.54) is 18.4 Å². The lowest BCUT2D eigenvalue weighted by Crippen LogP contribution is -2.47. The summed E-state index contributed by atoms with van der Waals surface area (Å²) in [4.78, 5) is 3.23. The predicted molar refractivity (Wildman–Crippen MR) is 88.8 cm³/mol. The van der Waals surface area contributed by atoms with Crippen molar-refractivity contribution >= 4 is 10.9 Å². The lowest BCUT2D eigenvalue weighted by Gasteiger charge is -2.31. The van der Waals surface area contributed by atoms with E-state index in [1.54, 1.807) is 7.11 Å². The molecule has 1 saturated carbocycles. The Kier molecular flexibility index (Phi) is 4.25. The predicted octanol–water partition coefficient (Wildman–Crippen LogP) is 2.46. The van der Waals surface area contributed by atoms with E-state index in [9.17, 15) is 0 Å². The third-order valence-corrected chi connectivity index (χ3v) is 4.87. The number of hydrogen-bond donors (Lipinski definition) is 2. The largest absolute Gasteiger partial charge is 0.496 e. The van der Waals surface area contributed by atoms with Crippen molar-refractivity contribution < 1.29 is 14.2 Å². The van der Waals surface area contributed by atoms with E-state index < -0.39 is 0 Å². The van der Waals surface area contributed by atoms with E-state index in [1.807, 2.05) is 6.20 Å². The Morgan fingerprint density at radius 3 is 2.96 bits per heavy atom. The van der Waals surface area contributed by atoms with Crippen LogP contribution in [-0.4, -0.2) is 44.1 Å². The third-order valence-electron chi connectivity index (χ3n) is 4.87. The van der Waals surface area contributed by atoms with Crippen molar-refractivity contribution in [2.24, 2.45) is 5.92 Å². The van der Waals surface area contributed by atoms with Gasteiger partial charge in [-0.1, -0.05) is 6.07 Å². The average Bonchev–Trinajstić information content (AvgIpc) is 3.32. The zero-order valence-corrected chi connectivity index (χ0v) is 13.5. The summed E-state index contributed by atoms with van der Waals surface area (Å²) in [6.07, 6.45) is 4.68. The van der Waals surface area contributed by atoms with Crippen molar-refractivity contribution in [3.8, 4) is 5.75 Å². The van der Waals surface area contributed by atoms with Crippen LogP contribution in [0.15, 0.2) is 24.4 Å². The monoisotopic (exact) mass is 316 g/mol. The van der Waals surface area contributed by atoms with Gasteiger partial charge in [0.2, 0.25) is 0 Å². The summed E-state index contributed by atoms with van der Waals surface area (Å²) in [6, 6.07) is 6.67. The first-order valence-corrected chi connectivity index (χ1v) is 8.42. The van der Waals surface area contributed by atoms with Crippen LogP contribution in [0.1, 0.15) is 18.4 Å². The molecule has 4 rings (SSSR count). The number of rotatable bonds is 6. The first-order chi connectivity index (χ1) is 11.4. The van der Waals surface area contributed by atoms with E-state index in [0.29, 0.717) is 31.8 Å². The van der Waals surface area contributed by atoms with E-state index in [2.05, 4.69) is 28.5 Å². The van der Waals surface area contributed by atoms with E-state index in [-0.39, 0.29) is 6.10 Å². The van der Waals surface area contributed by atoms with Gasteiger partial charge in [-0.25, -0.2) is 0 Å². The fourth-order valence-corrected chi connectivity index (χ4v) is 3.53. The van der Waals surface area contributed by atoms with Crippen LogP contribution in [0.2, 0.25) is 0 Å². The maximum Gasteiger partial charge on any atom is 0.132 e. The molecule has 5 heteroatoms. The number of hydrogen-bond acceptors (Lipinski definition) is 4. The number of aromatic nitrogens is 1. The van der Waals surface area contributed by atoms with Crippen molar-refractivity contribution in [2.75, 3.05) is 26.9 Å². The fourth-order valence-electron chi connectivity index (χ4n) is 3.53. The molecule has 2 heterocycles. The molecule has 1 saturated heterocycles. The number of ether oxygens (including phenoxy) is 3. The zero-order chi connectivity index (χ0) is 15.6. The first kappa shape index (κ1) is 15.0. The zero-order valence-electron chi connectivity index (χ0n) is 13.5. The molecule has 1 aromatic heterocycles. The van der Waals surface area contributed by atoms with Gasteiger partial charge in [0.1, 0.15) is 5.75 Å². The fraction of sp³-hybridized carbons (Fsp3) is 0.556. The molecule has 0 amide bonds. The minimum atomic E-state index is 0.165. The molecule has 23 heavy (non-hydrogen) atoms. The van der Waals surface area contributed by atoms with Crippen LogP contribution in [0.4, 0.5) is 0 Å². The van der Waals surface area contributed by atoms with Crippen molar-refractivity contribution in [3.63, 3.8) is 0 Å². The second kappa shape index (κ2) is 6.51. The maximum absolute atomic E-state index is 5.92. The first-order valence-electron chi connectivity index (χ1n) is 8.42. The molecule has 2 unspecified atom stereocenters. The van der Waals surface area contributed by atoms with Gasteiger partial charge in [-0.05, 0) is 30.9 Å². The van der Waals surface area contributed by atoms with Gasteiger partial charge in [-0.15, -0.1) is 0 Å². The molecule has 0 spiro atoms. The molecule has 1 aliphatic heterocycles. The summed E-state index contributed by atoms with van der Waals surface area (Å²) in [6.45, 7) is 2.90. The van der Waals surface area contributed by atoms with Gasteiger partial charge < -0.3 is 24.5 Å². The summed E-state index contributed by atoms with van der Waals surface area (Å²) in [5.41, 5.74) is 2.29. The molecule has 1 aromatic carbocycles. The molecular weight excluding hydrogens is 292 g/mol. The topological polar surface area (TPSA) is 55.5 Å². The highest BCUT2D eigenvalue weighted by atomic mass is 16.6. The Balaban J connectivity index is 1.50. The van der Waals surface area contributed by atoms with Crippen LogP contribution >= 0.6 is 0 Å². The number of fused-ring (bicyclic) bond motifs is 1. The lowest BCUT2D eigenvalue weighted by atomic mass is 10.0. The Hall–Kier alpha value is -1.56. The van der Waals surface area contributed by atoms with Crippen LogP contribution in [0, 0.1) is 5.92 Å². The van der Waals surface area contributed by atoms with Crippen LogP contribution in [0.25, 0.3) is 10.9 Å². The number of H-pyrrole nitrogens is 1. The molecule has 2 aliphatic rings. The minimum absolute atomic E-state index is 0.165. The smallest absolute Gasteiger partial charge is 0.132 e. The number of nitrogens with one attached hydrogen (secondary N) is 2. The molecule has 0 bridgehead atoms. The normalized spacial score (nSPS) is 23.1. The number of methoxy groups -OCH3 is 1. The Bertz CT molecular complexity index is 659. The van der Waals surface area contributed by atoms with Gasteiger partial charge in [-0.2, -0.15) is 0 Å². The van der Waals surface area contributed by atoms with Gasteiger partial charge in [0.15, 0.2) is 0 Å². The maximum atomic E-state index is 5.92. The van der Waals surface area contributed by atoms with Crippen LogP contribution in [-0.2, 0) is 16.0 Å². The van der Waals surface area contributed by atoms with Crippen LogP contribution in [0.3, 0.4) is 0 Å². The Labute approximate surface area is 136 Å². The minimum Gasteiger partial charge on any atom is -0.496 e. The molecular formula is C18H24N2O3. The van der Waals surface area contributed by atoms with Gasteiger partial charge in [0.25, 0.3) is 0 Å². The molecule has 2 atom stereocenters. The number of benzene rings is 1. The summed E-state index contributed by atoms with van der Waals surface area (Å²) in [5.74, 6) is 1.66. The highest BCUT2D eigenvalue weighted by Gasteiger charge is 2.38. The van der Waals surface area contributed by atoms with Crippen molar-refractivity contribution in [1.29, 1.82) is 0 Å². The van der Waals surface area contributed by atoms with Gasteiger partial charge >= 0.3 is 0 Å². The van der Waals surface area contributed by atoms with Crippen LogP contribution in [0.5, 0.6) is 5.75 Å². The Morgan fingerprint density at radius 1 is 1.30 bits per heavy atom. The second-order valence-electron chi connectivity index (χ2n) is 6.43. The molecule has 2 aromatic rings. The average molecular weight is 316 g/mol. The van der Waals surface area contributed by atoms with E-state index in [0.717, 1.165) is 23.2 Å². The SMILES string of the molecule is COc1c(CNC(C2CC2)C2COCCO2)ccc2[nH]ccc12. The van der Waals surface area contributed by atoms with Gasteiger partial charge in [0, 0.05) is 35.2 Å². The van der Waals surface area contributed by atoms with Crippen LogP contribution < -0.4 is 10.1 Å². The number of aromatic amines is 1. The molecule has 0 radical (unpaired) electrons. The third kappa shape index (κ3) is 3.09. The highest BCUT2D eigenvalue weighted by Crippen LogP contribution is 2.36. The summed E-state index contributed by atoms with van der Waals surface area (Å²) >= 11 is 0. The summed E-state index contributed by atoms with van der Waals surface area (Å²) in [7, 11) is 1.74. The molecule has 2 N–H and O–H groups in total. The quantitative estimate of drug-likeness (QED) is 0.859. The van der Waals surface area contributed by atoms with Crippen molar-refractivity contribution in [3.05, 3.63) is 30.0 Å². The molecule has 5 nitrogen and oxygen atoms in total. The second-order valence-corrected chi connectivity index (χ2v) is 6.43. The van der Waals surface area contributed by atoms with Gasteiger partial charge in [0.05, 0.1) is 33.0 Å².